The van der Waals surface area contributed by atoms with Crippen molar-refractivity contribution < 1.29 is 19.8 Å². The highest BCUT2D eigenvalue weighted by Crippen LogP contribution is 2.43. The molecule has 0 spiro atoms. The predicted molar refractivity (Wildman–Crippen MR) is 75.0 cm³/mol. The molecule has 0 bridgehead atoms. The van der Waals surface area contributed by atoms with Gasteiger partial charge in [0.1, 0.15) is 5.41 Å². The summed E-state index contributed by atoms with van der Waals surface area (Å²) in [4.78, 5) is 23.4. The molecule has 2 N–H and O–H groups in total. The number of carboxylic acid groups (broad SMARTS) is 2. The standard InChI is InChI=1S/C15H26O4/c1-6-11(7-2)15(8-3,14(18)19)12(13(16)17)9-10(4)5/h9-11H,6-8H2,1-5H3,(H,16,17)(H,18,19). The highest BCUT2D eigenvalue weighted by Gasteiger charge is 2.48. The van der Waals surface area contributed by atoms with E-state index in [0.717, 1.165) is 0 Å². The zero-order chi connectivity index (χ0) is 15.2. The first-order chi connectivity index (χ1) is 8.77. The minimum Gasteiger partial charge on any atom is -0.481 e. The van der Waals surface area contributed by atoms with Crippen molar-refractivity contribution in [3.63, 3.8) is 0 Å². The van der Waals surface area contributed by atoms with Crippen LogP contribution < -0.4 is 0 Å². The Balaban J connectivity index is 6.07. The Morgan fingerprint density at radius 3 is 1.79 bits per heavy atom. The second kappa shape index (κ2) is 7.31. The monoisotopic (exact) mass is 270 g/mol. The highest BCUT2D eigenvalue weighted by molar-refractivity contribution is 5.96. The third-order valence-corrected chi connectivity index (χ3v) is 3.83. The summed E-state index contributed by atoms with van der Waals surface area (Å²) in [5.74, 6) is -2.32. The number of carbonyl (C=O) groups is 2. The molecule has 110 valence electrons. The molecule has 0 aromatic heterocycles. The first-order valence-electron chi connectivity index (χ1n) is 6.96. The second-order valence-corrected chi connectivity index (χ2v) is 5.27. The Morgan fingerprint density at radius 2 is 1.58 bits per heavy atom. The van der Waals surface area contributed by atoms with E-state index in [1.807, 2.05) is 27.7 Å². The maximum atomic E-state index is 11.8. The van der Waals surface area contributed by atoms with E-state index in [0.29, 0.717) is 19.3 Å². The molecule has 0 heterocycles. The van der Waals surface area contributed by atoms with Gasteiger partial charge in [0.25, 0.3) is 0 Å². The fourth-order valence-corrected chi connectivity index (χ4v) is 2.87. The van der Waals surface area contributed by atoms with Crippen molar-refractivity contribution in [2.24, 2.45) is 17.3 Å². The molecule has 0 radical (unpaired) electrons. The summed E-state index contributed by atoms with van der Waals surface area (Å²) in [5.41, 5.74) is -1.26. The lowest BCUT2D eigenvalue weighted by Gasteiger charge is -2.36. The maximum absolute atomic E-state index is 11.8. The molecule has 0 aliphatic rings. The fourth-order valence-electron chi connectivity index (χ4n) is 2.87. The first kappa shape index (κ1) is 17.7. The Kier molecular flexibility index (Phi) is 6.81. The van der Waals surface area contributed by atoms with Gasteiger partial charge in [-0.2, -0.15) is 0 Å². The van der Waals surface area contributed by atoms with Gasteiger partial charge in [0.2, 0.25) is 0 Å². The molecule has 0 saturated heterocycles. The van der Waals surface area contributed by atoms with Gasteiger partial charge in [-0.1, -0.05) is 53.5 Å². The molecule has 0 aromatic rings. The van der Waals surface area contributed by atoms with Crippen LogP contribution in [0.5, 0.6) is 0 Å². The van der Waals surface area contributed by atoms with Crippen LogP contribution >= 0.6 is 0 Å². The smallest absolute Gasteiger partial charge is 0.332 e. The molecule has 0 amide bonds. The van der Waals surface area contributed by atoms with Crippen molar-refractivity contribution >= 4 is 11.9 Å². The van der Waals surface area contributed by atoms with E-state index in [4.69, 9.17) is 0 Å². The molecule has 1 atom stereocenters. The molecular weight excluding hydrogens is 244 g/mol. The van der Waals surface area contributed by atoms with Gasteiger partial charge in [-0.25, -0.2) is 4.79 Å². The van der Waals surface area contributed by atoms with Crippen LogP contribution in [0.1, 0.15) is 53.9 Å². The summed E-state index contributed by atoms with van der Waals surface area (Å²) >= 11 is 0. The minimum absolute atomic E-state index is 0.00531. The molecule has 0 saturated carbocycles. The molecule has 0 aliphatic carbocycles. The molecule has 0 rings (SSSR count). The zero-order valence-electron chi connectivity index (χ0n) is 12.6. The molecular formula is C15H26O4. The predicted octanol–water partition coefficient (Wildman–Crippen LogP) is 3.57. The first-order valence-corrected chi connectivity index (χ1v) is 6.96. The Labute approximate surface area is 115 Å². The maximum Gasteiger partial charge on any atom is 0.332 e. The highest BCUT2D eigenvalue weighted by atomic mass is 16.4. The summed E-state index contributed by atoms with van der Waals surface area (Å²) in [7, 11) is 0. The molecule has 1 unspecified atom stereocenters. The average Bonchev–Trinajstić information content (AvgIpc) is 2.32. The van der Waals surface area contributed by atoms with Crippen molar-refractivity contribution in [3.8, 4) is 0 Å². The zero-order valence-corrected chi connectivity index (χ0v) is 12.6. The van der Waals surface area contributed by atoms with E-state index < -0.39 is 17.4 Å². The number of carboxylic acids is 2. The minimum atomic E-state index is -1.29. The van der Waals surface area contributed by atoms with Gasteiger partial charge in [0.05, 0.1) is 5.57 Å². The van der Waals surface area contributed by atoms with Crippen molar-refractivity contribution in [1.29, 1.82) is 0 Å². The number of allylic oxidation sites excluding steroid dienone is 1. The fraction of sp³-hybridized carbons (Fsp3) is 0.733. The van der Waals surface area contributed by atoms with Gasteiger partial charge >= 0.3 is 11.9 Å². The van der Waals surface area contributed by atoms with Crippen LogP contribution in [0.25, 0.3) is 0 Å². The van der Waals surface area contributed by atoms with Gasteiger partial charge in [-0.15, -0.1) is 0 Å². The lowest BCUT2D eigenvalue weighted by atomic mass is 9.65. The topological polar surface area (TPSA) is 74.6 Å². The summed E-state index contributed by atoms with van der Waals surface area (Å²) < 4.78 is 0. The molecule has 19 heavy (non-hydrogen) atoms. The average molecular weight is 270 g/mol. The Bertz CT molecular complexity index is 353. The number of rotatable bonds is 8. The van der Waals surface area contributed by atoms with E-state index in [1.54, 1.807) is 13.0 Å². The molecule has 0 aliphatic heterocycles. The van der Waals surface area contributed by atoms with Crippen molar-refractivity contribution in [1.82, 2.24) is 0 Å². The quantitative estimate of drug-likeness (QED) is 0.661. The van der Waals surface area contributed by atoms with Crippen LogP contribution in [0.2, 0.25) is 0 Å². The van der Waals surface area contributed by atoms with Crippen LogP contribution in [0.15, 0.2) is 11.6 Å². The Morgan fingerprint density at radius 1 is 1.11 bits per heavy atom. The van der Waals surface area contributed by atoms with Gasteiger partial charge in [0.15, 0.2) is 0 Å². The van der Waals surface area contributed by atoms with Crippen LogP contribution in [0.3, 0.4) is 0 Å². The van der Waals surface area contributed by atoms with E-state index in [1.165, 1.54) is 0 Å². The van der Waals surface area contributed by atoms with E-state index >= 15 is 0 Å². The van der Waals surface area contributed by atoms with Crippen molar-refractivity contribution in [2.45, 2.75) is 53.9 Å². The van der Waals surface area contributed by atoms with E-state index in [2.05, 4.69) is 0 Å². The summed E-state index contributed by atoms with van der Waals surface area (Å²) in [6, 6.07) is 0. The van der Waals surface area contributed by atoms with Crippen LogP contribution in [-0.2, 0) is 9.59 Å². The number of aliphatic carboxylic acids is 2. The number of hydrogen-bond donors (Lipinski definition) is 2. The Hall–Kier alpha value is -1.32. The summed E-state index contributed by atoms with van der Waals surface area (Å²) in [6.07, 6.45) is 3.18. The summed E-state index contributed by atoms with van der Waals surface area (Å²) in [5, 5.41) is 19.1. The molecule has 0 aromatic carbocycles. The molecule has 4 nitrogen and oxygen atoms in total. The van der Waals surface area contributed by atoms with Crippen LogP contribution in [0.4, 0.5) is 0 Å². The van der Waals surface area contributed by atoms with Crippen molar-refractivity contribution in [2.75, 3.05) is 0 Å². The van der Waals surface area contributed by atoms with Gasteiger partial charge in [-0.3, -0.25) is 4.79 Å². The van der Waals surface area contributed by atoms with Gasteiger partial charge < -0.3 is 10.2 Å². The van der Waals surface area contributed by atoms with E-state index in [-0.39, 0.29) is 17.4 Å². The van der Waals surface area contributed by atoms with Crippen LogP contribution in [0, 0.1) is 17.3 Å². The molecule has 4 heteroatoms. The lowest BCUT2D eigenvalue weighted by molar-refractivity contribution is -0.154. The largest absolute Gasteiger partial charge is 0.481 e. The SMILES string of the molecule is CCC(CC)C(CC)(C(=O)O)C(=CC(C)C)C(=O)O. The number of hydrogen-bond acceptors (Lipinski definition) is 2. The normalized spacial score (nSPS) is 15.6. The lowest BCUT2D eigenvalue weighted by Crippen LogP contribution is -2.42. The third-order valence-electron chi connectivity index (χ3n) is 3.83. The van der Waals surface area contributed by atoms with Crippen molar-refractivity contribution in [3.05, 3.63) is 11.6 Å². The summed E-state index contributed by atoms with van der Waals surface area (Å²) in [6.45, 7) is 9.30. The van der Waals surface area contributed by atoms with Gasteiger partial charge in [-0.05, 0) is 18.3 Å². The molecule has 0 fully saturated rings. The second-order valence-electron chi connectivity index (χ2n) is 5.27. The van der Waals surface area contributed by atoms with Gasteiger partial charge in [0, 0.05) is 0 Å². The third kappa shape index (κ3) is 3.58. The van der Waals surface area contributed by atoms with E-state index in [9.17, 15) is 19.8 Å². The van der Waals surface area contributed by atoms with Crippen LogP contribution in [-0.4, -0.2) is 22.2 Å².